The van der Waals surface area contributed by atoms with E-state index in [0.29, 0.717) is 22.4 Å². The fourth-order valence-electron chi connectivity index (χ4n) is 4.37. The number of amides is 1. The number of ether oxygens (including phenoxy) is 1. The molecule has 2 aliphatic rings. The van der Waals surface area contributed by atoms with Crippen LogP contribution in [0.2, 0.25) is 5.02 Å². The van der Waals surface area contributed by atoms with E-state index in [4.69, 9.17) is 16.3 Å². The molecular formula is C22H30ClN3O2. The lowest BCUT2D eigenvalue weighted by molar-refractivity contribution is -0.119. The molecule has 0 spiro atoms. The number of hydrogen-bond donors (Lipinski definition) is 1. The first-order chi connectivity index (χ1) is 13.5. The summed E-state index contributed by atoms with van der Waals surface area (Å²) >= 11 is 5.95. The van der Waals surface area contributed by atoms with Gasteiger partial charge in [-0.2, -0.15) is 5.26 Å². The number of nitrogens with zero attached hydrogens (tertiary/aromatic N) is 2. The van der Waals surface area contributed by atoms with Crippen LogP contribution in [0.25, 0.3) is 0 Å². The fourth-order valence-corrected chi connectivity index (χ4v) is 4.54. The highest BCUT2D eigenvalue weighted by atomic mass is 35.5. The van der Waals surface area contributed by atoms with Gasteiger partial charge in [-0.15, -0.1) is 0 Å². The maximum atomic E-state index is 11.2. The van der Waals surface area contributed by atoms with Gasteiger partial charge in [0.2, 0.25) is 5.91 Å². The van der Waals surface area contributed by atoms with E-state index in [1.807, 2.05) is 0 Å². The number of piperidine rings is 1. The largest absolute Gasteiger partial charge is 0.489 e. The van der Waals surface area contributed by atoms with Crippen LogP contribution in [0, 0.1) is 17.2 Å². The summed E-state index contributed by atoms with van der Waals surface area (Å²) in [6.45, 7) is 4.84. The Balaban J connectivity index is 1.36. The van der Waals surface area contributed by atoms with Crippen molar-refractivity contribution in [3.8, 4) is 11.8 Å². The average molecular weight is 404 g/mol. The number of halogens is 1. The number of nitriles is 1. The molecule has 1 saturated heterocycles. The smallest absolute Gasteiger partial charge is 0.217 e. The second-order valence-electron chi connectivity index (χ2n) is 8.12. The second-order valence-corrected chi connectivity index (χ2v) is 8.55. The molecule has 28 heavy (non-hydrogen) atoms. The third-order valence-electron chi connectivity index (χ3n) is 6.00. The van der Waals surface area contributed by atoms with Crippen molar-refractivity contribution in [2.24, 2.45) is 5.92 Å². The predicted octanol–water partition coefficient (Wildman–Crippen LogP) is 4.14. The Bertz CT molecular complexity index is 702. The number of rotatable bonds is 6. The van der Waals surface area contributed by atoms with Crippen LogP contribution in [0.4, 0.5) is 0 Å². The Morgan fingerprint density at radius 2 is 1.96 bits per heavy atom. The summed E-state index contributed by atoms with van der Waals surface area (Å²) in [7, 11) is 0. The molecule has 1 amide bonds. The summed E-state index contributed by atoms with van der Waals surface area (Å²) in [6, 6.07) is 7.77. The van der Waals surface area contributed by atoms with Crippen molar-refractivity contribution in [3.05, 3.63) is 28.8 Å². The highest BCUT2D eigenvalue weighted by Crippen LogP contribution is 2.28. The Morgan fingerprint density at radius 1 is 1.25 bits per heavy atom. The van der Waals surface area contributed by atoms with Crippen LogP contribution in [-0.2, 0) is 4.79 Å². The van der Waals surface area contributed by atoms with Crippen molar-refractivity contribution < 1.29 is 9.53 Å². The zero-order valence-electron chi connectivity index (χ0n) is 16.6. The lowest BCUT2D eigenvalue weighted by atomic mass is 9.84. The summed E-state index contributed by atoms with van der Waals surface area (Å²) in [5.74, 6) is 1.52. The van der Waals surface area contributed by atoms with Crippen molar-refractivity contribution in [2.75, 3.05) is 19.6 Å². The average Bonchev–Trinajstić information content (AvgIpc) is 2.69. The van der Waals surface area contributed by atoms with Gasteiger partial charge in [0.05, 0.1) is 5.56 Å². The lowest BCUT2D eigenvalue weighted by Gasteiger charge is -2.34. The van der Waals surface area contributed by atoms with E-state index >= 15 is 0 Å². The molecular weight excluding hydrogens is 374 g/mol. The summed E-state index contributed by atoms with van der Waals surface area (Å²) < 4.78 is 6.08. The first-order valence-electron chi connectivity index (χ1n) is 10.4. The number of benzene rings is 1. The van der Waals surface area contributed by atoms with Gasteiger partial charge >= 0.3 is 0 Å². The molecule has 0 atom stereocenters. The van der Waals surface area contributed by atoms with E-state index in [9.17, 15) is 10.1 Å². The SMILES string of the molecule is CC(=O)N[C@H]1CC[C@H](CCN2CCC(Oc3ccc(Cl)cc3C#N)CC2)CC1. The summed E-state index contributed by atoms with van der Waals surface area (Å²) in [5.41, 5.74) is 0.504. The first-order valence-corrected chi connectivity index (χ1v) is 10.8. The van der Waals surface area contributed by atoms with E-state index in [-0.39, 0.29) is 12.0 Å². The predicted molar refractivity (Wildman–Crippen MR) is 110 cm³/mol. The summed E-state index contributed by atoms with van der Waals surface area (Å²) in [6.07, 6.45) is 8.05. The molecule has 2 fully saturated rings. The Hall–Kier alpha value is -1.77. The van der Waals surface area contributed by atoms with Gasteiger partial charge < -0.3 is 15.0 Å². The molecule has 0 radical (unpaired) electrons. The van der Waals surface area contributed by atoms with Crippen molar-refractivity contribution in [1.82, 2.24) is 10.2 Å². The monoisotopic (exact) mass is 403 g/mol. The Labute approximate surface area is 173 Å². The quantitative estimate of drug-likeness (QED) is 0.775. The van der Waals surface area contributed by atoms with Crippen molar-refractivity contribution >= 4 is 17.5 Å². The van der Waals surface area contributed by atoms with Crippen molar-refractivity contribution in [1.29, 1.82) is 5.26 Å². The van der Waals surface area contributed by atoms with Gasteiger partial charge in [-0.25, -0.2) is 0 Å². The van der Waals surface area contributed by atoms with Crippen molar-refractivity contribution in [2.45, 2.75) is 64.0 Å². The van der Waals surface area contributed by atoms with E-state index < -0.39 is 0 Å². The standard InChI is InChI=1S/C22H30ClN3O2/c1-16(27)25-20-5-2-17(3-6-20)8-11-26-12-9-21(10-13-26)28-22-7-4-19(23)14-18(22)15-24/h4,7,14,17,20-21H,2-3,5-6,8-13H2,1H3,(H,25,27)/t17-,20-. The molecule has 1 aliphatic heterocycles. The molecule has 1 aromatic carbocycles. The van der Waals surface area contributed by atoms with Crippen LogP contribution in [0.15, 0.2) is 18.2 Å². The second kappa shape index (κ2) is 10.1. The van der Waals surface area contributed by atoms with Crippen LogP contribution in [0.5, 0.6) is 5.75 Å². The van der Waals surface area contributed by atoms with Gasteiger partial charge in [0.15, 0.2) is 0 Å². The van der Waals surface area contributed by atoms with Crippen LogP contribution < -0.4 is 10.1 Å². The molecule has 0 aromatic heterocycles. The highest BCUT2D eigenvalue weighted by molar-refractivity contribution is 6.30. The van der Waals surface area contributed by atoms with Crippen LogP contribution in [0.1, 0.15) is 57.4 Å². The van der Waals surface area contributed by atoms with E-state index in [1.165, 1.54) is 19.3 Å². The zero-order valence-corrected chi connectivity index (χ0v) is 17.4. The number of hydrogen-bond acceptors (Lipinski definition) is 4. The van der Waals surface area contributed by atoms with Crippen LogP contribution in [-0.4, -0.2) is 42.6 Å². The van der Waals surface area contributed by atoms with Gasteiger partial charge in [0, 0.05) is 31.1 Å². The fraction of sp³-hybridized carbons (Fsp3) is 0.636. The molecule has 6 heteroatoms. The van der Waals surface area contributed by atoms with Gasteiger partial charge in [-0.1, -0.05) is 11.6 Å². The number of carbonyl (C=O) groups is 1. The molecule has 1 aromatic rings. The Kier molecular flexibility index (Phi) is 7.58. The molecule has 152 valence electrons. The lowest BCUT2D eigenvalue weighted by Crippen LogP contribution is -2.40. The zero-order chi connectivity index (χ0) is 19.9. The first kappa shape index (κ1) is 21.0. The maximum Gasteiger partial charge on any atom is 0.217 e. The van der Waals surface area contributed by atoms with Crippen LogP contribution in [0.3, 0.4) is 0 Å². The van der Waals surface area contributed by atoms with Gasteiger partial charge in [0.25, 0.3) is 0 Å². The topological polar surface area (TPSA) is 65.4 Å². The van der Waals surface area contributed by atoms with Crippen LogP contribution >= 0.6 is 11.6 Å². The van der Waals surface area contributed by atoms with Crippen molar-refractivity contribution in [3.63, 3.8) is 0 Å². The van der Waals surface area contributed by atoms with E-state index in [0.717, 1.165) is 51.2 Å². The maximum absolute atomic E-state index is 11.2. The molecule has 1 N–H and O–H groups in total. The molecule has 0 unspecified atom stereocenters. The highest BCUT2D eigenvalue weighted by Gasteiger charge is 2.24. The van der Waals surface area contributed by atoms with E-state index in [1.54, 1.807) is 25.1 Å². The molecule has 1 aliphatic carbocycles. The van der Waals surface area contributed by atoms with Gasteiger partial charge in [-0.05, 0) is 75.6 Å². The minimum absolute atomic E-state index is 0.0917. The minimum Gasteiger partial charge on any atom is -0.489 e. The number of carbonyl (C=O) groups excluding carboxylic acids is 1. The summed E-state index contributed by atoms with van der Waals surface area (Å²) in [4.78, 5) is 13.7. The molecule has 5 nitrogen and oxygen atoms in total. The third kappa shape index (κ3) is 6.12. The third-order valence-corrected chi connectivity index (χ3v) is 6.23. The minimum atomic E-state index is 0.0917. The normalized spacial score (nSPS) is 23.8. The molecule has 3 rings (SSSR count). The van der Waals surface area contributed by atoms with Gasteiger partial charge in [-0.3, -0.25) is 4.79 Å². The summed E-state index contributed by atoms with van der Waals surface area (Å²) in [5, 5.41) is 12.9. The molecule has 1 heterocycles. The number of likely N-dealkylation sites (tertiary alicyclic amines) is 1. The molecule has 1 saturated carbocycles. The van der Waals surface area contributed by atoms with E-state index in [2.05, 4.69) is 16.3 Å². The van der Waals surface area contributed by atoms with Gasteiger partial charge in [0.1, 0.15) is 17.9 Å². The molecule has 0 bridgehead atoms. The number of nitrogens with one attached hydrogen (secondary N) is 1. The Morgan fingerprint density at radius 3 is 2.61 bits per heavy atom.